The molecule has 0 saturated carbocycles. The summed E-state index contributed by atoms with van der Waals surface area (Å²) < 4.78 is 8.00. The van der Waals surface area contributed by atoms with E-state index in [0.717, 1.165) is 52.5 Å². The van der Waals surface area contributed by atoms with E-state index in [1.807, 2.05) is 0 Å². The van der Waals surface area contributed by atoms with E-state index in [4.69, 9.17) is 4.74 Å². The second-order valence-corrected chi connectivity index (χ2v) is 8.72. The monoisotopic (exact) mass is 426 g/mol. The molecule has 2 aliphatic heterocycles. The molecule has 3 aliphatic rings. The zero-order valence-corrected chi connectivity index (χ0v) is 18.9. The first-order chi connectivity index (χ1) is 15.8. The number of likely N-dealkylation sites (N-methyl/N-ethyl adjacent to an activating group) is 1. The van der Waals surface area contributed by atoms with Crippen LogP contribution < -0.4 is 4.90 Å². The summed E-state index contributed by atoms with van der Waals surface area (Å²) in [6, 6.07) is 19.8. The van der Waals surface area contributed by atoms with Crippen LogP contribution in [-0.4, -0.2) is 74.7 Å². The Morgan fingerprint density at radius 2 is 1.38 bits per heavy atom. The maximum Gasteiger partial charge on any atom is 0.200 e. The van der Waals surface area contributed by atoms with Crippen molar-refractivity contribution in [2.45, 2.75) is 0 Å². The minimum atomic E-state index is 0.808. The van der Waals surface area contributed by atoms with Crippen LogP contribution >= 0.6 is 0 Å². The Balaban J connectivity index is 1.47. The van der Waals surface area contributed by atoms with E-state index in [9.17, 15) is 0 Å². The summed E-state index contributed by atoms with van der Waals surface area (Å²) >= 11 is 0. The lowest BCUT2D eigenvalue weighted by Crippen LogP contribution is -2.41. The Kier molecular flexibility index (Phi) is 6.33. The largest absolute Gasteiger partial charge is 0.378 e. The molecule has 164 valence electrons. The molecule has 0 unspecified atom stereocenters. The van der Waals surface area contributed by atoms with Crippen LogP contribution in [0.2, 0.25) is 0 Å². The molecule has 0 radical (unpaired) electrons. The first-order valence-electron chi connectivity index (χ1n) is 11.7. The lowest BCUT2D eigenvalue weighted by atomic mass is 9.90. The fourth-order valence-corrected chi connectivity index (χ4v) is 4.67. The number of benzene rings is 2. The van der Waals surface area contributed by atoms with Crippen molar-refractivity contribution < 1.29 is 9.31 Å². The van der Waals surface area contributed by atoms with Crippen LogP contribution in [0, 0.1) is 0 Å². The van der Waals surface area contributed by atoms with Crippen molar-refractivity contribution >= 4 is 17.0 Å². The van der Waals surface area contributed by atoms with Gasteiger partial charge in [0.15, 0.2) is 18.8 Å². The standard InChI is InChI=1S/C28H32N3O/c1-29-15-17-30(18-16-29)26-11-7-24(8-12-26)28(23-5-3-2-4-6-23)25-9-13-27(14-10-25)31-19-21-32-22-20-31/h2-14H,15-22H2,1H3/q+1. The number of piperazine rings is 1. The van der Waals surface area contributed by atoms with Crippen LogP contribution in [-0.2, 0) is 4.74 Å². The zero-order valence-electron chi connectivity index (χ0n) is 18.9. The quantitative estimate of drug-likeness (QED) is 0.695. The van der Waals surface area contributed by atoms with E-state index in [-0.39, 0.29) is 0 Å². The predicted molar refractivity (Wildman–Crippen MR) is 133 cm³/mol. The van der Waals surface area contributed by atoms with E-state index in [1.54, 1.807) is 0 Å². The van der Waals surface area contributed by atoms with Gasteiger partial charge in [0, 0.05) is 30.9 Å². The molecule has 0 atom stereocenters. The highest BCUT2D eigenvalue weighted by Gasteiger charge is 2.20. The third-order valence-corrected chi connectivity index (χ3v) is 6.62. The van der Waals surface area contributed by atoms with Gasteiger partial charge in [-0.25, -0.2) is 4.58 Å². The van der Waals surface area contributed by atoms with Crippen LogP contribution in [0.15, 0.2) is 84.5 Å². The number of rotatable bonds is 3. The Labute approximate surface area is 191 Å². The van der Waals surface area contributed by atoms with Gasteiger partial charge in [-0.1, -0.05) is 42.5 Å². The van der Waals surface area contributed by atoms with Gasteiger partial charge in [-0.2, -0.15) is 0 Å². The average Bonchev–Trinajstić information content (AvgIpc) is 2.87. The second-order valence-electron chi connectivity index (χ2n) is 8.72. The van der Waals surface area contributed by atoms with Crippen LogP contribution in [0.5, 0.6) is 0 Å². The van der Waals surface area contributed by atoms with Gasteiger partial charge >= 0.3 is 0 Å². The highest BCUT2D eigenvalue weighted by atomic mass is 16.5. The molecule has 2 fully saturated rings. The Morgan fingerprint density at radius 3 is 2.03 bits per heavy atom. The third-order valence-electron chi connectivity index (χ3n) is 6.62. The fourth-order valence-electron chi connectivity index (χ4n) is 4.67. The fraction of sp³-hybridized carbons (Fsp3) is 0.321. The van der Waals surface area contributed by atoms with Crippen molar-refractivity contribution in [1.29, 1.82) is 0 Å². The predicted octanol–water partition coefficient (Wildman–Crippen LogP) is 3.85. The molecule has 2 aromatic carbocycles. The molecule has 1 aliphatic carbocycles. The highest BCUT2D eigenvalue weighted by Crippen LogP contribution is 2.31. The van der Waals surface area contributed by atoms with E-state index in [2.05, 4.69) is 100 Å². The van der Waals surface area contributed by atoms with Gasteiger partial charge in [0.25, 0.3) is 0 Å². The lowest BCUT2D eigenvalue weighted by Gasteiger charge is -2.29. The van der Waals surface area contributed by atoms with E-state index in [0.29, 0.717) is 0 Å². The smallest absolute Gasteiger partial charge is 0.200 e. The van der Waals surface area contributed by atoms with Gasteiger partial charge in [-0.3, -0.25) is 4.90 Å². The van der Waals surface area contributed by atoms with Crippen molar-refractivity contribution in [3.63, 3.8) is 0 Å². The molecule has 4 nitrogen and oxygen atoms in total. The minimum absolute atomic E-state index is 0.808. The molecule has 2 aromatic rings. The highest BCUT2D eigenvalue weighted by molar-refractivity contribution is 6.04. The topological polar surface area (TPSA) is 18.7 Å². The van der Waals surface area contributed by atoms with Crippen molar-refractivity contribution in [3.8, 4) is 0 Å². The maximum atomic E-state index is 5.51. The van der Waals surface area contributed by atoms with Crippen LogP contribution in [0.3, 0.4) is 0 Å². The van der Waals surface area contributed by atoms with Gasteiger partial charge in [-0.05, 0) is 53.6 Å². The Morgan fingerprint density at radius 1 is 0.750 bits per heavy atom. The van der Waals surface area contributed by atoms with Gasteiger partial charge in [0.2, 0.25) is 0 Å². The maximum absolute atomic E-state index is 5.51. The van der Waals surface area contributed by atoms with Gasteiger partial charge in [-0.15, -0.1) is 0 Å². The number of allylic oxidation sites excluding steroid dienone is 5. The van der Waals surface area contributed by atoms with Gasteiger partial charge in [0.1, 0.15) is 0 Å². The normalized spacial score (nSPS) is 19.5. The van der Waals surface area contributed by atoms with E-state index >= 15 is 0 Å². The Hall–Kier alpha value is -2.95. The number of ether oxygens (including phenoxy) is 1. The summed E-state index contributed by atoms with van der Waals surface area (Å²) in [5.74, 6) is 0. The van der Waals surface area contributed by atoms with Crippen molar-refractivity contribution in [2.75, 3.05) is 64.4 Å². The Bertz CT molecular complexity index is 1030. The van der Waals surface area contributed by atoms with Crippen LogP contribution in [0.25, 0.3) is 5.57 Å². The molecular weight excluding hydrogens is 394 g/mol. The van der Waals surface area contributed by atoms with Crippen LogP contribution in [0.1, 0.15) is 11.1 Å². The summed E-state index contributed by atoms with van der Waals surface area (Å²) in [6.07, 6.45) is 9.13. The van der Waals surface area contributed by atoms with Crippen LogP contribution in [0.4, 0.5) is 5.69 Å². The second kappa shape index (κ2) is 9.68. The SMILES string of the molecule is CN1CC[N+](=C2C=CC(=C(c3ccccc3)c3ccc(N4CCOCC4)cc3)C=C2)CC1. The van der Waals surface area contributed by atoms with Crippen molar-refractivity contribution in [2.24, 2.45) is 0 Å². The summed E-state index contributed by atoms with van der Waals surface area (Å²) in [7, 11) is 2.20. The lowest BCUT2D eigenvalue weighted by molar-refractivity contribution is -0.537. The van der Waals surface area contributed by atoms with Gasteiger partial charge in [0.05, 0.1) is 26.3 Å². The molecule has 0 bridgehead atoms. The summed E-state index contributed by atoms with van der Waals surface area (Å²) in [5.41, 5.74) is 7.63. The molecule has 4 heteroatoms. The third kappa shape index (κ3) is 4.62. The van der Waals surface area contributed by atoms with E-state index in [1.165, 1.54) is 33.7 Å². The number of nitrogens with zero attached hydrogens (tertiary/aromatic N) is 3. The van der Waals surface area contributed by atoms with Gasteiger partial charge < -0.3 is 9.64 Å². The summed E-state index contributed by atoms with van der Waals surface area (Å²) in [5, 5.41) is 0. The molecule has 0 spiro atoms. The molecule has 2 heterocycles. The van der Waals surface area contributed by atoms with Crippen molar-refractivity contribution in [3.05, 3.63) is 95.6 Å². The number of morpholine rings is 1. The average molecular weight is 427 g/mol. The first-order valence-corrected chi connectivity index (χ1v) is 11.7. The number of hydrogen-bond donors (Lipinski definition) is 0. The number of anilines is 1. The molecule has 0 N–H and O–H groups in total. The zero-order chi connectivity index (χ0) is 21.8. The molecule has 32 heavy (non-hydrogen) atoms. The minimum Gasteiger partial charge on any atom is -0.378 e. The number of hydrogen-bond acceptors (Lipinski definition) is 3. The van der Waals surface area contributed by atoms with Crippen molar-refractivity contribution in [1.82, 2.24) is 4.90 Å². The molecule has 0 amide bonds. The molecule has 0 aromatic heterocycles. The first kappa shape index (κ1) is 20.9. The molecule has 2 saturated heterocycles. The summed E-state index contributed by atoms with van der Waals surface area (Å²) in [6.45, 7) is 7.97. The molecule has 5 rings (SSSR count). The summed E-state index contributed by atoms with van der Waals surface area (Å²) in [4.78, 5) is 4.80. The molecular formula is C28H32N3O+. The van der Waals surface area contributed by atoms with E-state index < -0.39 is 0 Å².